The molecule has 4 saturated heterocycles. The van der Waals surface area contributed by atoms with Crippen LogP contribution in [0.2, 0.25) is 0 Å². The van der Waals surface area contributed by atoms with Crippen LogP contribution in [0.3, 0.4) is 0 Å². The summed E-state index contributed by atoms with van der Waals surface area (Å²) in [5.74, 6) is 0.672. The first-order chi connectivity index (χ1) is 14.3. The van der Waals surface area contributed by atoms with Gasteiger partial charge in [0, 0.05) is 44.5 Å². The fraction of sp³-hybridized carbons (Fsp3) is 0.458. The summed E-state index contributed by atoms with van der Waals surface area (Å²) in [5, 5.41) is 3.33. The van der Waals surface area contributed by atoms with Gasteiger partial charge < -0.3 is 20.0 Å². The van der Waals surface area contributed by atoms with E-state index in [4.69, 9.17) is 0 Å². The van der Waals surface area contributed by atoms with E-state index in [-0.39, 0.29) is 6.03 Å². The quantitative estimate of drug-likeness (QED) is 0.874. The van der Waals surface area contributed by atoms with Crippen molar-refractivity contribution in [3.8, 4) is 11.1 Å². The molecule has 2 amide bonds. The highest BCUT2D eigenvalue weighted by Gasteiger charge is 2.35. The van der Waals surface area contributed by atoms with E-state index in [1.165, 1.54) is 42.7 Å². The smallest absolute Gasteiger partial charge is 0.317 e. The first kappa shape index (κ1) is 18.5. The molecule has 4 fully saturated rings. The number of hydrogen-bond acceptors (Lipinski definition) is 3. The van der Waals surface area contributed by atoms with Gasteiger partial charge in [0.2, 0.25) is 0 Å². The predicted octanol–water partition coefficient (Wildman–Crippen LogP) is 3.28. The molecule has 6 rings (SSSR count). The molecule has 4 aliphatic rings. The predicted molar refractivity (Wildman–Crippen MR) is 117 cm³/mol. The number of piperidine rings is 3. The van der Waals surface area contributed by atoms with E-state index in [9.17, 15) is 4.79 Å². The molecule has 29 heavy (non-hydrogen) atoms. The topological polar surface area (TPSA) is 38.8 Å². The molecule has 5 nitrogen and oxygen atoms in total. The zero-order valence-electron chi connectivity index (χ0n) is 17.0. The fourth-order valence-corrected chi connectivity index (χ4v) is 5.06. The van der Waals surface area contributed by atoms with Gasteiger partial charge in [0.25, 0.3) is 0 Å². The Morgan fingerprint density at radius 3 is 2.24 bits per heavy atom. The van der Waals surface area contributed by atoms with Gasteiger partial charge in [-0.05, 0) is 55.1 Å². The molecular formula is C24H30N4O. The summed E-state index contributed by atoms with van der Waals surface area (Å²) in [6, 6.07) is 19.7. The van der Waals surface area contributed by atoms with Crippen LogP contribution in [0.5, 0.6) is 0 Å². The van der Waals surface area contributed by atoms with Crippen LogP contribution >= 0.6 is 0 Å². The Morgan fingerprint density at radius 1 is 0.828 bits per heavy atom. The molecule has 0 aromatic heterocycles. The molecule has 1 atom stereocenters. The lowest BCUT2D eigenvalue weighted by Crippen LogP contribution is -2.60. The Morgan fingerprint density at radius 2 is 1.55 bits per heavy atom. The molecule has 0 spiro atoms. The lowest BCUT2D eigenvalue weighted by Gasteiger charge is -2.45. The molecular weight excluding hydrogens is 360 g/mol. The van der Waals surface area contributed by atoms with Crippen molar-refractivity contribution < 1.29 is 4.79 Å². The van der Waals surface area contributed by atoms with E-state index in [1.807, 2.05) is 11.0 Å². The Bertz CT molecular complexity index is 839. The molecule has 1 N–H and O–H groups in total. The molecule has 2 aromatic rings. The largest absolute Gasteiger partial charge is 0.368 e. The van der Waals surface area contributed by atoms with Crippen LogP contribution in [0.4, 0.5) is 10.5 Å². The normalized spacial score (nSPS) is 26.4. The number of carbonyl (C=O) groups is 1. The molecule has 4 aliphatic heterocycles. The van der Waals surface area contributed by atoms with Gasteiger partial charge in [0.05, 0.1) is 0 Å². The van der Waals surface area contributed by atoms with Crippen molar-refractivity contribution in [2.24, 2.45) is 5.92 Å². The number of rotatable bonds is 3. The monoisotopic (exact) mass is 390 g/mol. The van der Waals surface area contributed by atoms with Crippen LogP contribution in [0.25, 0.3) is 11.1 Å². The average Bonchev–Trinajstić information content (AvgIpc) is 2.81. The van der Waals surface area contributed by atoms with Gasteiger partial charge in [0.15, 0.2) is 0 Å². The highest BCUT2D eigenvalue weighted by Crippen LogP contribution is 2.28. The third-order valence-corrected chi connectivity index (χ3v) is 6.85. The zero-order valence-corrected chi connectivity index (χ0v) is 17.0. The second-order valence-electron chi connectivity index (χ2n) is 8.58. The summed E-state index contributed by atoms with van der Waals surface area (Å²) in [6.07, 6.45) is 2.47. The molecule has 0 saturated carbocycles. The third-order valence-electron chi connectivity index (χ3n) is 6.85. The second kappa shape index (κ2) is 8.07. The van der Waals surface area contributed by atoms with E-state index in [0.29, 0.717) is 12.0 Å². The van der Waals surface area contributed by atoms with E-state index in [1.54, 1.807) is 0 Å². The minimum atomic E-state index is 0.126. The van der Waals surface area contributed by atoms with Crippen molar-refractivity contribution in [3.63, 3.8) is 0 Å². The molecule has 2 aromatic carbocycles. The Labute approximate surface area is 173 Å². The summed E-state index contributed by atoms with van der Waals surface area (Å²) < 4.78 is 0. The Hall–Kier alpha value is -2.53. The molecule has 0 aliphatic carbocycles. The Balaban J connectivity index is 1.18. The highest BCUT2D eigenvalue weighted by molar-refractivity contribution is 5.75. The van der Waals surface area contributed by atoms with Crippen molar-refractivity contribution in [1.29, 1.82) is 0 Å². The number of nitrogens with zero attached hydrogens (tertiary/aromatic N) is 3. The number of carbonyl (C=O) groups excluding carboxylic acids is 1. The summed E-state index contributed by atoms with van der Waals surface area (Å²) in [5.41, 5.74) is 3.72. The minimum absolute atomic E-state index is 0.126. The third kappa shape index (κ3) is 3.97. The number of anilines is 1. The van der Waals surface area contributed by atoms with Crippen LogP contribution in [0.15, 0.2) is 54.6 Å². The van der Waals surface area contributed by atoms with Gasteiger partial charge in [-0.25, -0.2) is 4.79 Å². The van der Waals surface area contributed by atoms with Crippen molar-refractivity contribution >= 4 is 11.7 Å². The molecule has 5 heteroatoms. The van der Waals surface area contributed by atoms with E-state index in [2.05, 4.69) is 63.6 Å². The Kier molecular flexibility index (Phi) is 5.15. The number of piperazine rings is 1. The SMILES string of the molecule is O=C(NC1CN2CCC1CC2)N1CCN(c2cccc(-c3ccccc3)c2)CC1. The summed E-state index contributed by atoms with van der Waals surface area (Å²) >= 11 is 0. The summed E-state index contributed by atoms with van der Waals surface area (Å²) in [7, 11) is 0. The highest BCUT2D eigenvalue weighted by atomic mass is 16.2. The maximum atomic E-state index is 12.8. The number of urea groups is 1. The van der Waals surface area contributed by atoms with Gasteiger partial charge in [-0.2, -0.15) is 0 Å². The van der Waals surface area contributed by atoms with Crippen molar-refractivity contribution in [2.45, 2.75) is 18.9 Å². The standard InChI is InChI=1S/C24H30N4O/c29-24(25-23-18-26-11-9-20(23)10-12-26)28-15-13-27(14-16-28)22-8-4-7-21(17-22)19-5-2-1-3-6-19/h1-8,17,20,23H,9-16,18H2,(H,25,29). The van der Waals surface area contributed by atoms with Gasteiger partial charge in [0.1, 0.15) is 0 Å². The number of benzene rings is 2. The number of amides is 2. The number of nitrogens with one attached hydrogen (secondary N) is 1. The van der Waals surface area contributed by atoms with Crippen LogP contribution in [-0.4, -0.2) is 67.7 Å². The van der Waals surface area contributed by atoms with Gasteiger partial charge >= 0.3 is 6.03 Å². The zero-order chi connectivity index (χ0) is 19.6. The molecule has 0 radical (unpaired) electrons. The van der Waals surface area contributed by atoms with E-state index < -0.39 is 0 Å². The minimum Gasteiger partial charge on any atom is -0.368 e. The summed E-state index contributed by atoms with van der Waals surface area (Å²) in [6.45, 7) is 6.76. The van der Waals surface area contributed by atoms with Crippen molar-refractivity contribution in [2.75, 3.05) is 50.7 Å². The lowest BCUT2D eigenvalue weighted by atomic mass is 9.84. The first-order valence-electron chi connectivity index (χ1n) is 10.9. The maximum absolute atomic E-state index is 12.8. The van der Waals surface area contributed by atoms with Gasteiger partial charge in [-0.3, -0.25) is 0 Å². The van der Waals surface area contributed by atoms with Crippen LogP contribution < -0.4 is 10.2 Å². The maximum Gasteiger partial charge on any atom is 0.317 e. The summed E-state index contributed by atoms with van der Waals surface area (Å²) in [4.78, 5) is 19.7. The van der Waals surface area contributed by atoms with E-state index >= 15 is 0 Å². The van der Waals surface area contributed by atoms with Crippen molar-refractivity contribution in [1.82, 2.24) is 15.1 Å². The van der Waals surface area contributed by atoms with Gasteiger partial charge in [-0.15, -0.1) is 0 Å². The van der Waals surface area contributed by atoms with E-state index in [0.717, 1.165) is 32.7 Å². The second-order valence-corrected chi connectivity index (χ2v) is 8.58. The van der Waals surface area contributed by atoms with Crippen LogP contribution in [0, 0.1) is 5.92 Å². The average molecular weight is 391 g/mol. The van der Waals surface area contributed by atoms with Gasteiger partial charge in [-0.1, -0.05) is 42.5 Å². The fourth-order valence-electron chi connectivity index (χ4n) is 5.06. The van der Waals surface area contributed by atoms with Crippen LogP contribution in [0.1, 0.15) is 12.8 Å². The van der Waals surface area contributed by atoms with Crippen LogP contribution in [-0.2, 0) is 0 Å². The molecule has 152 valence electrons. The lowest BCUT2D eigenvalue weighted by molar-refractivity contribution is 0.0728. The molecule has 4 heterocycles. The van der Waals surface area contributed by atoms with Crippen molar-refractivity contribution in [3.05, 3.63) is 54.6 Å². The number of fused-ring (bicyclic) bond motifs is 3. The molecule has 2 bridgehead atoms. The molecule has 1 unspecified atom stereocenters. The first-order valence-corrected chi connectivity index (χ1v) is 10.9. The number of hydrogen-bond donors (Lipinski definition) is 1.